The van der Waals surface area contributed by atoms with Gasteiger partial charge in [-0.05, 0) is 30.7 Å². The first-order valence-electron chi connectivity index (χ1n) is 7.64. The Morgan fingerprint density at radius 1 is 1.27 bits per heavy atom. The van der Waals surface area contributed by atoms with Crippen LogP contribution in [0, 0.1) is 10.1 Å². The zero-order valence-electron chi connectivity index (χ0n) is 13.6. The normalized spacial score (nSPS) is 10.7. The van der Waals surface area contributed by atoms with Crippen molar-refractivity contribution in [3.8, 4) is 16.9 Å². The SMILES string of the molecule is CCOC(=O)c1cc2ccc(O)c(-c3cccc([N+](=O)[O-])c3)c2oc1=O. The Morgan fingerprint density at radius 2 is 2.04 bits per heavy atom. The fourth-order valence-corrected chi connectivity index (χ4v) is 2.58. The number of esters is 1. The molecule has 0 spiro atoms. The average molecular weight is 355 g/mol. The van der Waals surface area contributed by atoms with Crippen LogP contribution in [0.1, 0.15) is 17.3 Å². The van der Waals surface area contributed by atoms with Crippen molar-refractivity contribution in [2.45, 2.75) is 6.92 Å². The molecule has 0 fully saturated rings. The Morgan fingerprint density at radius 3 is 2.73 bits per heavy atom. The van der Waals surface area contributed by atoms with Crippen LogP contribution < -0.4 is 5.63 Å². The van der Waals surface area contributed by atoms with Crippen LogP contribution in [0.25, 0.3) is 22.1 Å². The minimum atomic E-state index is -0.923. The zero-order chi connectivity index (χ0) is 18.8. The number of nitrogens with zero attached hydrogens (tertiary/aromatic N) is 1. The number of rotatable bonds is 4. The Hall–Kier alpha value is -3.68. The molecule has 0 radical (unpaired) electrons. The van der Waals surface area contributed by atoms with E-state index in [9.17, 15) is 24.8 Å². The lowest BCUT2D eigenvalue weighted by Crippen LogP contribution is -2.16. The Bertz CT molecular complexity index is 1080. The lowest BCUT2D eigenvalue weighted by molar-refractivity contribution is -0.384. The van der Waals surface area contributed by atoms with Crippen molar-refractivity contribution in [1.82, 2.24) is 0 Å². The highest BCUT2D eigenvalue weighted by Gasteiger charge is 2.19. The molecule has 8 nitrogen and oxygen atoms in total. The molecule has 3 aromatic rings. The molecule has 0 aliphatic heterocycles. The smallest absolute Gasteiger partial charge is 0.351 e. The van der Waals surface area contributed by atoms with E-state index in [-0.39, 0.29) is 34.8 Å². The van der Waals surface area contributed by atoms with Gasteiger partial charge < -0.3 is 14.3 Å². The van der Waals surface area contributed by atoms with Crippen molar-refractivity contribution in [3.05, 3.63) is 68.6 Å². The molecule has 0 aliphatic rings. The molecule has 3 rings (SSSR count). The number of nitro benzene ring substituents is 1. The molecule has 1 N–H and O–H groups in total. The lowest BCUT2D eigenvalue weighted by Gasteiger charge is -2.09. The minimum absolute atomic E-state index is 0.0172. The van der Waals surface area contributed by atoms with E-state index in [0.717, 1.165) is 0 Å². The van der Waals surface area contributed by atoms with Gasteiger partial charge in [-0.1, -0.05) is 12.1 Å². The largest absolute Gasteiger partial charge is 0.507 e. The number of benzene rings is 2. The lowest BCUT2D eigenvalue weighted by atomic mass is 10.0. The fourth-order valence-electron chi connectivity index (χ4n) is 2.58. The number of non-ortho nitro benzene ring substituents is 1. The number of carbonyl (C=O) groups is 1. The van der Waals surface area contributed by atoms with Gasteiger partial charge >= 0.3 is 11.6 Å². The van der Waals surface area contributed by atoms with E-state index in [0.29, 0.717) is 10.9 Å². The van der Waals surface area contributed by atoms with E-state index in [4.69, 9.17) is 9.15 Å². The molecule has 0 amide bonds. The molecule has 1 aromatic heterocycles. The summed E-state index contributed by atoms with van der Waals surface area (Å²) >= 11 is 0. The second-order valence-electron chi connectivity index (χ2n) is 5.35. The third-order valence-electron chi connectivity index (χ3n) is 3.72. The van der Waals surface area contributed by atoms with Crippen LogP contribution in [0.2, 0.25) is 0 Å². The van der Waals surface area contributed by atoms with Crippen LogP contribution >= 0.6 is 0 Å². The van der Waals surface area contributed by atoms with E-state index < -0.39 is 16.5 Å². The molecule has 1 heterocycles. The molecular weight excluding hydrogens is 342 g/mol. The summed E-state index contributed by atoms with van der Waals surface area (Å²) in [5, 5.41) is 21.6. The number of aromatic hydroxyl groups is 1. The van der Waals surface area contributed by atoms with Crippen molar-refractivity contribution >= 4 is 22.6 Å². The molecule has 2 aromatic carbocycles. The Labute approximate surface area is 146 Å². The molecule has 0 saturated carbocycles. The quantitative estimate of drug-likeness (QED) is 0.330. The van der Waals surface area contributed by atoms with Crippen LogP contribution in [-0.2, 0) is 4.74 Å². The number of ether oxygens (including phenoxy) is 1. The number of phenols is 1. The maximum absolute atomic E-state index is 12.2. The summed E-state index contributed by atoms with van der Waals surface area (Å²) in [5.74, 6) is -1.03. The van der Waals surface area contributed by atoms with Crippen molar-refractivity contribution in [2.24, 2.45) is 0 Å². The van der Waals surface area contributed by atoms with Crippen molar-refractivity contribution in [1.29, 1.82) is 0 Å². The van der Waals surface area contributed by atoms with Gasteiger partial charge in [0.2, 0.25) is 0 Å². The van der Waals surface area contributed by atoms with Gasteiger partial charge in [-0.2, -0.15) is 0 Å². The molecular formula is C18H13NO7. The maximum atomic E-state index is 12.2. The first-order valence-corrected chi connectivity index (χ1v) is 7.64. The maximum Gasteiger partial charge on any atom is 0.351 e. The second kappa shape index (κ2) is 6.67. The van der Waals surface area contributed by atoms with Gasteiger partial charge in [-0.3, -0.25) is 10.1 Å². The van der Waals surface area contributed by atoms with Crippen molar-refractivity contribution < 1.29 is 24.0 Å². The monoisotopic (exact) mass is 355 g/mol. The van der Waals surface area contributed by atoms with E-state index in [1.54, 1.807) is 13.0 Å². The number of carbonyl (C=O) groups excluding carboxylic acids is 1. The van der Waals surface area contributed by atoms with E-state index in [1.165, 1.54) is 36.4 Å². The predicted molar refractivity (Wildman–Crippen MR) is 92.2 cm³/mol. The topological polar surface area (TPSA) is 120 Å². The number of nitro groups is 1. The second-order valence-corrected chi connectivity index (χ2v) is 5.35. The summed E-state index contributed by atoms with van der Waals surface area (Å²) in [6.45, 7) is 1.71. The van der Waals surface area contributed by atoms with Gasteiger partial charge in [-0.25, -0.2) is 9.59 Å². The van der Waals surface area contributed by atoms with Gasteiger partial charge in [0.25, 0.3) is 5.69 Å². The van der Waals surface area contributed by atoms with Gasteiger partial charge in [0, 0.05) is 17.5 Å². The summed E-state index contributed by atoms with van der Waals surface area (Å²) in [5.41, 5.74) is -0.927. The summed E-state index contributed by atoms with van der Waals surface area (Å²) in [4.78, 5) is 34.4. The number of hydrogen-bond acceptors (Lipinski definition) is 7. The van der Waals surface area contributed by atoms with Crippen LogP contribution in [-0.4, -0.2) is 22.6 Å². The predicted octanol–water partition coefficient (Wildman–Crippen LogP) is 3.25. The number of phenolic OH excluding ortho intramolecular Hbond substituents is 1. The highest BCUT2D eigenvalue weighted by molar-refractivity contribution is 5.99. The van der Waals surface area contributed by atoms with E-state index in [1.807, 2.05) is 0 Å². The Balaban J connectivity index is 2.26. The number of fused-ring (bicyclic) bond motifs is 1. The summed E-state index contributed by atoms with van der Waals surface area (Å²) < 4.78 is 10.1. The molecule has 132 valence electrons. The fraction of sp³-hybridized carbons (Fsp3) is 0.111. The molecule has 0 bridgehead atoms. The third kappa shape index (κ3) is 3.00. The van der Waals surface area contributed by atoms with Crippen molar-refractivity contribution in [2.75, 3.05) is 6.61 Å². The summed E-state index contributed by atoms with van der Waals surface area (Å²) in [7, 11) is 0. The minimum Gasteiger partial charge on any atom is -0.507 e. The van der Waals surface area contributed by atoms with Crippen molar-refractivity contribution in [3.63, 3.8) is 0 Å². The third-order valence-corrected chi connectivity index (χ3v) is 3.72. The van der Waals surface area contributed by atoms with Gasteiger partial charge in [-0.15, -0.1) is 0 Å². The van der Waals surface area contributed by atoms with Crippen LogP contribution in [0.5, 0.6) is 5.75 Å². The average Bonchev–Trinajstić information content (AvgIpc) is 2.61. The molecule has 0 aliphatic carbocycles. The van der Waals surface area contributed by atoms with Gasteiger partial charge in [0.1, 0.15) is 16.9 Å². The number of hydrogen-bond donors (Lipinski definition) is 1. The van der Waals surface area contributed by atoms with Crippen LogP contribution in [0.4, 0.5) is 5.69 Å². The summed E-state index contributed by atoms with van der Waals surface area (Å²) in [6, 6.07) is 9.69. The molecule has 26 heavy (non-hydrogen) atoms. The van der Waals surface area contributed by atoms with E-state index >= 15 is 0 Å². The zero-order valence-corrected chi connectivity index (χ0v) is 13.6. The first kappa shape index (κ1) is 17.2. The molecule has 8 heteroatoms. The van der Waals surface area contributed by atoms with Crippen LogP contribution in [0.15, 0.2) is 51.7 Å². The molecule has 0 saturated heterocycles. The molecule has 0 unspecified atom stereocenters. The molecule has 0 atom stereocenters. The highest BCUT2D eigenvalue weighted by Crippen LogP contribution is 2.37. The standard InChI is InChI=1S/C18H13NO7/c1-2-25-17(21)13-9-11-6-7-14(20)15(16(11)26-18(13)22)10-4-3-5-12(8-10)19(23)24/h3-9,20H,2H2,1H3. The van der Waals surface area contributed by atoms with E-state index in [2.05, 4.69) is 0 Å². The first-order chi connectivity index (χ1) is 12.4. The Kier molecular flexibility index (Phi) is 4.40. The summed E-state index contributed by atoms with van der Waals surface area (Å²) in [6.07, 6.45) is 0. The highest BCUT2D eigenvalue weighted by atomic mass is 16.6. The van der Waals surface area contributed by atoms with Crippen LogP contribution in [0.3, 0.4) is 0 Å². The van der Waals surface area contributed by atoms with Gasteiger partial charge in [0.05, 0.1) is 17.1 Å². The van der Waals surface area contributed by atoms with Gasteiger partial charge in [0.15, 0.2) is 0 Å².